The fourth-order valence-corrected chi connectivity index (χ4v) is 3.16. The number of aryl methyl sites for hydroxylation is 1. The van der Waals surface area contributed by atoms with Crippen LogP contribution >= 0.6 is 11.3 Å². The molecule has 0 unspecified atom stereocenters. The van der Waals surface area contributed by atoms with Gasteiger partial charge in [-0.3, -0.25) is 9.78 Å². The predicted molar refractivity (Wildman–Crippen MR) is 93.7 cm³/mol. The number of carbonyl (C=O) groups is 1. The van der Waals surface area contributed by atoms with Crippen LogP contribution in [0.5, 0.6) is 0 Å². The van der Waals surface area contributed by atoms with E-state index in [0.29, 0.717) is 6.42 Å². The van der Waals surface area contributed by atoms with Crippen molar-refractivity contribution in [1.29, 1.82) is 0 Å². The Kier molecular flexibility index (Phi) is 5.32. The fraction of sp³-hybridized carbons (Fsp3) is 0.167. The molecule has 1 N–H and O–H groups in total. The number of carbonyl (C=O) groups excluding carboxylic acids is 1. The minimum Gasteiger partial charge on any atom is -0.325 e. The Morgan fingerprint density at radius 2 is 1.85 bits per heavy atom. The number of anilines is 1. The zero-order chi connectivity index (χ0) is 18.6. The third-order valence-electron chi connectivity index (χ3n) is 3.60. The van der Waals surface area contributed by atoms with Crippen LogP contribution in [-0.2, 0) is 17.4 Å². The van der Waals surface area contributed by atoms with E-state index in [-0.39, 0.29) is 12.1 Å². The second-order valence-electron chi connectivity index (χ2n) is 5.45. The molecule has 3 aromatic rings. The van der Waals surface area contributed by atoms with Crippen LogP contribution in [0.2, 0.25) is 0 Å². The lowest BCUT2D eigenvalue weighted by atomic mass is 10.1. The Labute approximate surface area is 151 Å². The number of hydrogen-bond donors (Lipinski definition) is 1. The highest BCUT2D eigenvalue weighted by molar-refractivity contribution is 7.09. The summed E-state index contributed by atoms with van der Waals surface area (Å²) >= 11 is 1.41. The summed E-state index contributed by atoms with van der Waals surface area (Å²) in [6.45, 7) is 0. The molecule has 0 aliphatic rings. The second kappa shape index (κ2) is 7.65. The van der Waals surface area contributed by atoms with Gasteiger partial charge in [-0.2, -0.15) is 13.2 Å². The Morgan fingerprint density at radius 1 is 1.12 bits per heavy atom. The van der Waals surface area contributed by atoms with Crippen molar-refractivity contribution >= 4 is 22.9 Å². The van der Waals surface area contributed by atoms with Gasteiger partial charge >= 0.3 is 6.18 Å². The van der Waals surface area contributed by atoms with Crippen molar-refractivity contribution in [3.8, 4) is 11.3 Å². The van der Waals surface area contributed by atoms with Gasteiger partial charge in [0.15, 0.2) is 0 Å². The van der Waals surface area contributed by atoms with Crippen LogP contribution in [0.1, 0.15) is 17.0 Å². The van der Waals surface area contributed by atoms with Gasteiger partial charge in [0, 0.05) is 36.2 Å². The van der Waals surface area contributed by atoms with Crippen molar-refractivity contribution in [2.45, 2.75) is 19.0 Å². The van der Waals surface area contributed by atoms with Gasteiger partial charge in [-0.1, -0.05) is 12.1 Å². The van der Waals surface area contributed by atoms with E-state index in [4.69, 9.17) is 0 Å². The molecule has 0 aliphatic heterocycles. The molecule has 4 nitrogen and oxygen atoms in total. The van der Waals surface area contributed by atoms with Gasteiger partial charge in [-0.15, -0.1) is 11.3 Å². The summed E-state index contributed by atoms with van der Waals surface area (Å²) < 4.78 is 38.8. The number of nitrogens with one attached hydrogen (secondary N) is 1. The number of pyridine rings is 1. The molecule has 2 heterocycles. The van der Waals surface area contributed by atoms with E-state index >= 15 is 0 Å². The van der Waals surface area contributed by atoms with Crippen LogP contribution in [0, 0.1) is 0 Å². The molecular weight excluding hydrogens is 363 g/mol. The summed E-state index contributed by atoms with van der Waals surface area (Å²) in [6.07, 6.45) is -0.774. The maximum absolute atomic E-state index is 12.9. The number of benzene rings is 1. The molecule has 1 aromatic carbocycles. The smallest absolute Gasteiger partial charge is 0.325 e. The van der Waals surface area contributed by atoms with Crippen LogP contribution in [0.3, 0.4) is 0 Å². The van der Waals surface area contributed by atoms with Crippen LogP contribution < -0.4 is 5.32 Å². The topological polar surface area (TPSA) is 54.9 Å². The number of amides is 1. The molecule has 0 saturated heterocycles. The molecule has 0 atom stereocenters. The second-order valence-corrected chi connectivity index (χ2v) is 6.40. The monoisotopic (exact) mass is 377 g/mol. The standard InChI is InChI=1S/C18H14F3N3OS/c19-18(20,21)13-3-1-2-4-14(13)23-16(25)5-6-17-24-15(11-26-17)12-7-9-22-10-8-12/h1-4,7-11H,5-6H2,(H,23,25). The van der Waals surface area contributed by atoms with Crippen molar-refractivity contribution in [1.82, 2.24) is 9.97 Å². The molecule has 0 bridgehead atoms. The van der Waals surface area contributed by atoms with Gasteiger partial charge < -0.3 is 5.32 Å². The predicted octanol–water partition coefficient (Wildman–Crippen LogP) is 4.80. The maximum Gasteiger partial charge on any atom is 0.418 e. The van der Waals surface area contributed by atoms with E-state index in [2.05, 4.69) is 15.3 Å². The van der Waals surface area contributed by atoms with Crippen molar-refractivity contribution in [2.24, 2.45) is 0 Å². The molecule has 0 spiro atoms. The van der Waals surface area contributed by atoms with Gasteiger partial charge in [-0.05, 0) is 24.3 Å². The van der Waals surface area contributed by atoms with E-state index in [9.17, 15) is 18.0 Å². The van der Waals surface area contributed by atoms with Gasteiger partial charge in [0.2, 0.25) is 5.91 Å². The quantitative estimate of drug-likeness (QED) is 0.695. The molecule has 3 rings (SSSR count). The molecule has 0 aliphatic carbocycles. The number of halogens is 3. The first kappa shape index (κ1) is 18.1. The zero-order valence-corrected chi connectivity index (χ0v) is 14.3. The van der Waals surface area contributed by atoms with Crippen LogP contribution in [-0.4, -0.2) is 15.9 Å². The van der Waals surface area contributed by atoms with E-state index in [1.807, 2.05) is 17.5 Å². The van der Waals surface area contributed by atoms with Crippen molar-refractivity contribution in [3.63, 3.8) is 0 Å². The molecule has 0 radical (unpaired) electrons. The van der Waals surface area contributed by atoms with E-state index in [1.54, 1.807) is 12.4 Å². The summed E-state index contributed by atoms with van der Waals surface area (Å²) in [7, 11) is 0. The molecule has 0 saturated carbocycles. The molecule has 134 valence electrons. The first-order valence-corrected chi connectivity index (χ1v) is 8.62. The number of aromatic nitrogens is 2. The highest BCUT2D eigenvalue weighted by Gasteiger charge is 2.33. The maximum atomic E-state index is 12.9. The largest absolute Gasteiger partial charge is 0.418 e. The number of rotatable bonds is 5. The average molecular weight is 377 g/mol. The average Bonchev–Trinajstić information content (AvgIpc) is 3.09. The first-order chi connectivity index (χ1) is 12.4. The number of para-hydroxylation sites is 1. The van der Waals surface area contributed by atoms with Gasteiger partial charge in [0.05, 0.1) is 22.0 Å². The van der Waals surface area contributed by atoms with Crippen molar-refractivity contribution in [3.05, 3.63) is 64.7 Å². The lowest BCUT2D eigenvalue weighted by Gasteiger charge is -2.13. The highest BCUT2D eigenvalue weighted by atomic mass is 32.1. The van der Waals surface area contributed by atoms with E-state index in [0.717, 1.165) is 22.3 Å². The Balaban J connectivity index is 1.61. The lowest BCUT2D eigenvalue weighted by Crippen LogP contribution is -2.16. The summed E-state index contributed by atoms with van der Waals surface area (Å²) in [5.74, 6) is -0.484. The van der Waals surface area contributed by atoms with Crippen LogP contribution in [0.25, 0.3) is 11.3 Å². The van der Waals surface area contributed by atoms with Gasteiger partial charge in [0.1, 0.15) is 0 Å². The number of thiazole rings is 1. The molecule has 8 heteroatoms. The minimum atomic E-state index is -4.52. The Morgan fingerprint density at radius 3 is 2.58 bits per heavy atom. The summed E-state index contributed by atoms with van der Waals surface area (Å²) in [5.41, 5.74) is 0.616. The highest BCUT2D eigenvalue weighted by Crippen LogP contribution is 2.34. The van der Waals surface area contributed by atoms with Crippen LogP contribution in [0.15, 0.2) is 54.2 Å². The van der Waals surface area contributed by atoms with E-state index < -0.39 is 17.6 Å². The van der Waals surface area contributed by atoms with Crippen molar-refractivity contribution < 1.29 is 18.0 Å². The summed E-state index contributed by atoms with van der Waals surface area (Å²) in [4.78, 5) is 20.4. The number of nitrogens with zero attached hydrogens (tertiary/aromatic N) is 2. The molecule has 2 aromatic heterocycles. The summed E-state index contributed by atoms with van der Waals surface area (Å²) in [5, 5.41) is 4.96. The zero-order valence-electron chi connectivity index (χ0n) is 13.5. The normalized spacial score (nSPS) is 11.3. The SMILES string of the molecule is O=C(CCc1nc(-c2ccncc2)cs1)Nc1ccccc1C(F)(F)F. The van der Waals surface area contributed by atoms with Crippen molar-refractivity contribution in [2.75, 3.05) is 5.32 Å². The van der Waals surface area contributed by atoms with Gasteiger partial charge in [-0.25, -0.2) is 4.98 Å². The van der Waals surface area contributed by atoms with Crippen LogP contribution in [0.4, 0.5) is 18.9 Å². The Bertz CT molecular complexity index is 894. The fourth-order valence-electron chi connectivity index (χ4n) is 2.35. The molecule has 26 heavy (non-hydrogen) atoms. The first-order valence-electron chi connectivity index (χ1n) is 7.74. The Hall–Kier alpha value is -2.74. The third-order valence-corrected chi connectivity index (χ3v) is 4.51. The number of hydrogen-bond acceptors (Lipinski definition) is 4. The third kappa shape index (κ3) is 4.45. The molecule has 1 amide bonds. The molecule has 0 fully saturated rings. The lowest BCUT2D eigenvalue weighted by molar-refractivity contribution is -0.137. The number of alkyl halides is 3. The molecular formula is C18H14F3N3OS. The van der Waals surface area contributed by atoms with Gasteiger partial charge in [0.25, 0.3) is 0 Å². The van der Waals surface area contributed by atoms with E-state index in [1.165, 1.54) is 29.5 Å². The summed E-state index contributed by atoms with van der Waals surface area (Å²) in [6, 6.07) is 8.59. The minimum absolute atomic E-state index is 0.0511.